The van der Waals surface area contributed by atoms with Crippen molar-refractivity contribution in [1.29, 1.82) is 0 Å². The van der Waals surface area contributed by atoms with Crippen molar-refractivity contribution in [2.24, 2.45) is 0 Å². The van der Waals surface area contributed by atoms with Gasteiger partial charge in [-0.1, -0.05) is 48.8 Å². The number of H-pyrrole nitrogens is 1. The molecule has 142 valence electrons. The number of benzene rings is 1. The molecule has 2 heterocycles. The van der Waals surface area contributed by atoms with Crippen LogP contribution in [0.15, 0.2) is 40.0 Å². The summed E-state index contributed by atoms with van der Waals surface area (Å²) >= 11 is 1.24. The molecule has 0 spiro atoms. The highest BCUT2D eigenvalue weighted by Gasteiger charge is 2.23. The first-order valence-electron chi connectivity index (χ1n) is 8.65. The Morgan fingerprint density at radius 2 is 2.22 bits per heavy atom. The molecule has 0 aliphatic heterocycles. The molecule has 7 nitrogen and oxygen atoms in total. The van der Waals surface area contributed by atoms with Gasteiger partial charge >= 0.3 is 0 Å². The van der Waals surface area contributed by atoms with Crippen molar-refractivity contribution < 1.29 is 13.7 Å². The summed E-state index contributed by atoms with van der Waals surface area (Å²) in [4.78, 5) is 16.9. The third kappa shape index (κ3) is 4.94. The third-order valence-electron chi connectivity index (χ3n) is 3.83. The molecular weight excluding hydrogens is 369 g/mol. The van der Waals surface area contributed by atoms with Crippen LogP contribution in [0.1, 0.15) is 31.9 Å². The highest BCUT2D eigenvalue weighted by atomic mass is 32.2. The Balaban J connectivity index is 1.72. The first-order valence-corrected chi connectivity index (χ1v) is 9.53. The molecular formula is C18H20FN5O2S. The highest BCUT2D eigenvalue weighted by Crippen LogP contribution is 2.27. The van der Waals surface area contributed by atoms with Gasteiger partial charge in [-0.25, -0.2) is 9.37 Å². The van der Waals surface area contributed by atoms with E-state index in [0.717, 1.165) is 12.8 Å². The van der Waals surface area contributed by atoms with Crippen LogP contribution in [-0.4, -0.2) is 31.5 Å². The van der Waals surface area contributed by atoms with Gasteiger partial charge < -0.3 is 9.84 Å². The second-order valence-electron chi connectivity index (χ2n) is 6.01. The number of rotatable bonds is 8. The first kappa shape index (κ1) is 19.1. The van der Waals surface area contributed by atoms with Gasteiger partial charge in [-0.05, 0) is 25.5 Å². The number of carbonyl (C=O) groups is 1. The number of amides is 1. The minimum absolute atomic E-state index is 0.195. The van der Waals surface area contributed by atoms with Crippen molar-refractivity contribution in [2.45, 2.75) is 43.5 Å². The lowest BCUT2D eigenvalue weighted by atomic mass is 10.2. The second kappa shape index (κ2) is 8.81. The van der Waals surface area contributed by atoms with Crippen LogP contribution >= 0.6 is 11.8 Å². The van der Waals surface area contributed by atoms with Crippen molar-refractivity contribution in [3.05, 3.63) is 41.9 Å². The lowest BCUT2D eigenvalue weighted by Crippen LogP contribution is -2.25. The van der Waals surface area contributed by atoms with Crippen molar-refractivity contribution in [3.8, 4) is 11.4 Å². The Labute approximate surface area is 160 Å². The molecule has 9 heteroatoms. The summed E-state index contributed by atoms with van der Waals surface area (Å²) in [5.41, 5.74) is 0.337. The molecule has 1 aromatic carbocycles. The van der Waals surface area contributed by atoms with Gasteiger partial charge in [-0.2, -0.15) is 0 Å². The van der Waals surface area contributed by atoms with Crippen LogP contribution in [0, 0.1) is 12.7 Å². The molecule has 1 amide bonds. The average molecular weight is 389 g/mol. The summed E-state index contributed by atoms with van der Waals surface area (Å²) in [7, 11) is 0. The molecule has 27 heavy (non-hydrogen) atoms. The molecule has 0 bridgehead atoms. The molecule has 0 aliphatic carbocycles. The standard InChI is InChI=1S/C18H20FN5O2S/c1-3-4-9-14(17(25)20-15-10-11(2)26-24-15)27-18-21-16(22-23-18)12-7-5-6-8-13(12)19/h5-8,10,14H,3-4,9H2,1-2H3,(H,20,24,25)(H,21,22,23). The predicted molar refractivity (Wildman–Crippen MR) is 101 cm³/mol. The van der Waals surface area contributed by atoms with E-state index < -0.39 is 5.25 Å². The van der Waals surface area contributed by atoms with Gasteiger partial charge in [0.1, 0.15) is 11.6 Å². The van der Waals surface area contributed by atoms with Gasteiger partial charge in [0.05, 0.1) is 10.8 Å². The SMILES string of the molecule is CCCCC(Sc1n[nH]c(-c2ccccc2F)n1)C(=O)Nc1cc(C)on1. The van der Waals surface area contributed by atoms with Crippen LogP contribution in [0.5, 0.6) is 0 Å². The maximum absolute atomic E-state index is 13.9. The van der Waals surface area contributed by atoms with Crippen LogP contribution in [0.2, 0.25) is 0 Å². The fourth-order valence-corrected chi connectivity index (χ4v) is 3.41. The number of aromatic nitrogens is 4. The van der Waals surface area contributed by atoms with E-state index in [1.165, 1.54) is 17.8 Å². The first-order chi connectivity index (χ1) is 13.1. The zero-order chi connectivity index (χ0) is 19.2. The van der Waals surface area contributed by atoms with E-state index in [2.05, 4.69) is 32.6 Å². The number of halogens is 1. The highest BCUT2D eigenvalue weighted by molar-refractivity contribution is 8.00. The molecule has 0 fully saturated rings. The van der Waals surface area contributed by atoms with Gasteiger partial charge in [0, 0.05) is 6.07 Å². The number of nitrogens with zero attached hydrogens (tertiary/aromatic N) is 3. The van der Waals surface area contributed by atoms with E-state index in [1.54, 1.807) is 31.2 Å². The fraction of sp³-hybridized carbons (Fsp3) is 0.333. The average Bonchev–Trinajstić information content (AvgIpc) is 3.28. The lowest BCUT2D eigenvalue weighted by Gasteiger charge is -2.13. The number of nitrogens with one attached hydrogen (secondary N) is 2. The van der Waals surface area contributed by atoms with Crippen molar-refractivity contribution in [1.82, 2.24) is 20.3 Å². The van der Waals surface area contributed by atoms with Crippen LogP contribution in [0.25, 0.3) is 11.4 Å². The number of hydrogen-bond donors (Lipinski definition) is 2. The van der Waals surface area contributed by atoms with E-state index in [9.17, 15) is 9.18 Å². The van der Waals surface area contributed by atoms with E-state index >= 15 is 0 Å². The summed E-state index contributed by atoms with van der Waals surface area (Å²) in [6.45, 7) is 3.81. The van der Waals surface area contributed by atoms with E-state index in [0.29, 0.717) is 34.5 Å². The monoisotopic (exact) mass is 389 g/mol. The normalized spacial score (nSPS) is 12.1. The van der Waals surface area contributed by atoms with Crippen LogP contribution < -0.4 is 5.32 Å². The number of aromatic amines is 1. The van der Waals surface area contributed by atoms with Crippen LogP contribution in [0.4, 0.5) is 10.2 Å². The fourth-order valence-electron chi connectivity index (χ4n) is 2.47. The second-order valence-corrected chi connectivity index (χ2v) is 7.18. The molecule has 0 saturated carbocycles. The number of anilines is 1. The molecule has 1 atom stereocenters. The minimum atomic E-state index is -0.397. The third-order valence-corrected chi connectivity index (χ3v) is 4.96. The Kier molecular flexibility index (Phi) is 6.23. The van der Waals surface area contributed by atoms with Gasteiger partial charge in [0.25, 0.3) is 0 Å². The van der Waals surface area contributed by atoms with Gasteiger partial charge in [0.2, 0.25) is 11.1 Å². The van der Waals surface area contributed by atoms with Gasteiger partial charge in [0.15, 0.2) is 11.6 Å². The zero-order valence-electron chi connectivity index (χ0n) is 15.0. The summed E-state index contributed by atoms with van der Waals surface area (Å²) in [6, 6.07) is 7.98. The molecule has 0 aliphatic rings. The molecule has 3 aromatic rings. The van der Waals surface area contributed by atoms with Crippen LogP contribution in [-0.2, 0) is 4.79 Å². The number of aryl methyl sites for hydroxylation is 1. The van der Waals surface area contributed by atoms with Crippen LogP contribution in [0.3, 0.4) is 0 Å². The number of hydrogen-bond acceptors (Lipinski definition) is 6. The van der Waals surface area contributed by atoms with Crippen molar-refractivity contribution in [3.63, 3.8) is 0 Å². The summed E-state index contributed by atoms with van der Waals surface area (Å²) < 4.78 is 18.9. The van der Waals surface area contributed by atoms with Gasteiger partial charge in [-0.15, -0.1) is 5.10 Å². The van der Waals surface area contributed by atoms with E-state index in [-0.39, 0.29) is 11.7 Å². The Hall–Kier alpha value is -2.68. The molecule has 1 unspecified atom stereocenters. The van der Waals surface area contributed by atoms with E-state index in [1.807, 2.05) is 0 Å². The summed E-state index contributed by atoms with van der Waals surface area (Å²) in [6.07, 6.45) is 2.50. The summed E-state index contributed by atoms with van der Waals surface area (Å²) in [5, 5.41) is 13.4. The molecule has 0 saturated heterocycles. The maximum atomic E-state index is 13.9. The smallest absolute Gasteiger partial charge is 0.239 e. The lowest BCUT2D eigenvalue weighted by molar-refractivity contribution is -0.115. The Bertz CT molecular complexity index is 911. The maximum Gasteiger partial charge on any atom is 0.239 e. The molecule has 3 rings (SSSR count). The Morgan fingerprint density at radius 3 is 2.93 bits per heavy atom. The molecule has 2 aromatic heterocycles. The quantitative estimate of drug-likeness (QED) is 0.561. The van der Waals surface area contributed by atoms with Crippen molar-refractivity contribution >= 4 is 23.5 Å². The molecule has 2 N–H and O–H groups in total. The summed E-state index contributed by atoms with van der Waals surface area (Å²) in [5.74, 6) is 0.747. The Morgan fingerprint density at radius 1 is 1.41 bits per heavy atom. The number of carbonyl (C=O) groups excluding carboxylic acids is 1. The van der Waals surface area contributed by atoms with E-state index in [4.69, 9.17) is 4.52 Å². The molecule has 0 radical (unpaired) electrons. The minimum Gasteiger partial charge on any atom is -0.360 e. The largest absolute Gasteiger partial charge is 0.360 e. The predicted octanol–water partition coefficient (Wildman–Crippen LogP) is 4.20. The zero-order valence-corrected chi connectivity index (χ0v) is 15.8. The van der Waals surface area contributed by atoms with Crippen molar-refractivity contribution in [2.75, 3.05) is 5.32 Å². The number of thioether (sulfide) groups is 1. The number of unbranched alkanes of at least 4 members (excludes halogenated alkanes) is 1. The topological polar surface area (TPSA) is 96.7 Å². The van der Waals surface area contributed by atoms with Gasteiger partial charge in [-0.3, -0.25) is 9.89 Å².